The lowest BCUT2D eigenvalue weighted by Crippen LogP contribution is -2.53. The van der Waals surface area contributed by atoms with Gasteiger partial charge in [0.15, 0.2) is 0 Å². The highest BCUT2D eigenvalue weighted by molar-refractivity contribution is 5.09. The maximum atomic E-state index is 9.29. The second-order valence-electron chi connectivity index (χ2n) is 6.15. The molecule has 1 atom stereocenters. The average molecular weight is 277 g/mol. The number of aliphatic hydroxyl groups is 1. The molecule has 0 amide bonds. The van der Waals surface area contributed by atoms with Crippen molar-refractivity contribution in [2.24, 2.45) is 5.92 Å². The van der Waals surface area contributed by atoms with E-state index < -0.39 is 0 Å². The highest BCUT2D eigenvalue weighted by Crippen LogP contribution is 2.16. The van der Waals surface area contributed by atoms with E-state index in [0.717, 1.165) is 39.1 Å². The van der Waals surface area contributed by atoms with E-state index >= 15 is 0 Å². The minimum atomic E-state index is 0.280. The minimum Gasteiger partial charge on any atom is -0.396 e. The van der Waals surface area contributed by atoms with Crippen LogP contribution in [0.2, 0.25) is 0 Å². The summed E-state index contributed by atoms with van der Waals surface area (Å²) in [5.41, 5.74) is 1.32. The quantitative estimate of drug-likeness (QED) is 0.857. The fourth-order valence-corrected chi connectivity index (χ4v) is 2.98. The van der Waals surface area contributed by atoms with E-state index in [-0.39, 0.29) is 6.61 Å². The van der Waals surface area contributed by atoms with E-state index in [0.29, 0.717) is 12.0 Å². The summed E-state index contributed by atoms with van der Waals surface area (Å²) in [4.78, 5) is 9.11. The molecule has 4 nitrogen and oxygen atoms in total. The van der Waals surface area contributed by atoms with Crippen LogP contribution in [0.3, 0.4) is 0 Å². The first kappa shape index (κ1) is 15.4. The Bertz CT molecular complexity index is 383. The lowest BCUT2D eigenvalue weighted by molar-refractivity contribution is 0.0477. The Kier molecular flexibility index (Phi) is 5.95. The van der Waals surface area contributed by atoms with Crippen LogP contribution in [0, 0.1) is 5.92 Å². The maximum absolute atomic E-state index is 9.29. The fourth-order valence-electron chi connectivity index (χ4n) is 2.98. The van der Waals surface area contributed by atoms with Crippen LogP contribution in [-0.4, -0.2) is 58.7 Å². The highest BCUT2D eigenvalue weighted by Gasteiger charge is 2.26. The Hall–Kier alpha value is -0.970. The van der Waals surface area contributed by atoms with Gasteiger partial charge in [0.25, 0.3) is 0 Å². The molecule has 1 aliphatic rings. The van der Waals surface area contributed by atoms with Crippen LogP contribution >= 0.6 is 0 Å². The maximum Gasteiger partial charge on any atom is 0.0446 e. The lowest BCUT2D eigenvalue weighted by atomic mass is 10.1. The predicted molar refractivity (Wildman–Crippen MR) is 81.4 cm³/mol. The molecule has 1 unspecified atom stereocenters. The van der Waals surface area contributed by atoms with Crippen molar-refractivity contribution in [1.82, 2.24) is 14.8 Å². The second-order valence-corrected chi connectivity index (χ2v) is 6.15. The van der Waals surface area contributed by atoms with E-state index in [9.17, 15) is 5.11 Å². The van der Waals surface area contributed by atoms with E-state index in [1.807, 2.05) is 12.4 Å². The first-order valence-corrected chi connectivity index (χ1v) is 7.65. The highest BCUT2D eigenvalue weighted by atomic mass is 16.3. The van der Waals surface area contributed by atoms with Gasteiger partial charge in [0, 0.05) is 57.8 Å². The number of nitrogens with zero attached hydrogens (tertiary/aromatic N) is 3. The van der Waals surface area contributed by atoms with Crippen molar-refractivity contribution in [2.45, 2.75) is 32.9 Å². The number of pyridine rings is 1. The summed E-state index contributed by atoms with van der Waals surface area (Å²) < 4.78 is 0. The topological polar surface area (TPSA) is 39.6 Å². The molecule has 1 aromatic rings. The number of hydrogen-bond acceptors (Lipinski definition) is 4. The van der Waals surface area contributed by atoms with Crippen LogP contribution in [0.15, 0.2) is 24.5 Å². The molecule has 0 saturated carbocycles. The van der Waals surface area contributed by atoms with E-state index in [4.69, 9.17) is 0 Å². The zero-order valence-corrected chi connectivity index (χ0v) is 12.7. The summed E-state index contributed by atoms with van der Waals surface area (Å²) in [5, 5.41) is 9.29. The predicted octanol–water partition coefficient (Wildman–Crippen LogP) is 1.61. The summed E-state index contributed by atoms with van der Waals surface area (Å²) >= 11 is 0. The lowest BCUT2D eigenvalue weighted by Gasteiger charge is -2.42. The smallest absolute Gasteiger partial charge is 0.0446 e. The Labute approximate surface area is 122 Å². The fraction of sp³-hybridized carbons (Fsp3) is 0.688. The van der Waals surface area contributed by atoms with Gasteiger partial charge in [0.2, 0.25) is 0 Å². The Balaban J connectivity index is 1.92. The summed E-state index contributed by atoms with van der Waals surface area (Å²) in [6.07, 6.45) is 4.59. The van der Waals surface area contributed by atoms with Gasteiger partial charge in [0.05, 0.1) is 0 Å². The van der Waals surface area contributed by atoms with Crippen LogP contribution < -0.4 is 0 Å². The largest absolute Gasteiger partial charge is 0.396 e. The normalized spacial score (nSPS) is 21.5. The Morgan fingerprint density at radius 2 is 2.05 bits per heavy atom. The molecule has 2 rings (SSSR count). The number of aliphatic hydroxyl groups excluding tert-OH is 1. The van der Waals surface area contributed by atoms with Crippen LogP contribution in [0.25, 0.3) is 0 Å². The first-order valence-electron chi connectivity index (χ1n) is 7.65. The van der Waals surface area contributed by atoms with Gasteiger partial charge < -0.3 is 5.11 Å². The minimum absolute atomic E-state index is 0.280. The SMILES string of the molecule is CC(C)CN1CCN(Cc2ccncc2)CC1CCO. The third-order valence-electron chi connectivity index (χ3n) is 3.91. The molecule has 1 N–H and O–H groups in total. The standard InChI is InChI=1S/C16H27N3O/c1-14(2)11-19-9-8-18(13-16(19)5-10-20)12-15-3-6-17-7-4-15/h3-4,6-7,14,16,20H,5,8-13H2,1-2H3. The van der Waals surface area contributed by atoms with Gasteiger partial charge >= 0.3 is 0 Å². The molecular formula is C16H27N3O. The molecule has 1 aromatic heterocycles. The van der Waals surface area contributed by atoms with Gasteiger partial charge in [-0.2, -0.15) is 0 Å². The number of piperazine rings is 1. The molecule has 4 heteroatoms. The molecule has 1 aliphatic heterocycles. The molecular weight excluding hydrogens is 250 g/mol. The molecule has 112 valence electrons. The van der Waals surface area contributed by atoms with Crippen LogP contribution in [0.4, 0.5) is 0 Å². The number of rotatable bonds is 6. The zero-order valence-electron chi connectivity index (χ0n) is 12.7. The Morgan fingerprint density at radius 3 is 2.70 bits per heavy atom. The summed E-state index contributed by atoms with van der Waals surface area (Å²) in [5.74, 6) is 0.683. The van der Waals surface area contributed by atoms with Gasteiger partial charge in [-0.15, -0.1) is 0 Å². The van der Waals surface area contributed by atoms with Crippen LogP contribution in [-0.2, 0) is 6.54 Å². The van der Waals surface area contributed by atoms with Crippen molar-refractivity contribution in [1.29, 1.82) is 0 Å². The summed E-state index contributed by atoms with van der Waals surface area (Å²) in [6.45, 7) is 10.2. The molecule has 0 radical (unpaired) electrons. The van der Waals surface area contributed by atoms with Crippen molar-refractivity contribution < 1.29 is 5.11 Å². The van der Waals surface area contributed by atoms with Gasteiger partial charge in [-0.3, -0.25) is 14.8 Å². The second kappa shape index (κ2) is 7.72. The third kappa shape index (κ3) is 4.54. The molecule has 1 fully saturated rings. The molecule has 2 heterocycles. The molecule has 0 spiro atoms. The van der Waals surface area contributed by atoms with Crippen molar-refractivity contribution in [3.8, 4) is 0 Å². The van der Waals surface area contributed by atoms with Crippen molar-refractivity contribution in [2.75, 3.05) is 32.8 Å². The van der Waals surface area contributed by atoms with Crippen molar-refractivity contribution in [3.63, 3.8) is 0 Å². The molecule has 0 aromatic carbocycles. The van der Waals surface area contributed by atoms with Crippen molar-refractivity contribution in [3.05, 3.63) is 30.1 Å². The molecule has 0 bridgehead atoms. The van der Waals surface area contributed by atoms with E-state index in [1.54, 1.807) is 0 Å². The molecule has 20 heavy (non-hydrogen) atoms. The number of aromatic nitrogens is 1. The van der Waals surface area contributed by atoms with Gasteiger partial charge in [-0.05, 0) is 30.0 Å². The molecule has 1 saturated heterocycles. The van der Waals surface area contributed by atoms with Gasteiger partial charge in [-0.25, -0.2) is 0 Å². The van der Waals surface area contributed by atoms with Gasteiger partial charge in [-0.1, -0.05) is 13.8 Å². The average Bonchev–Trinajstić information content (AvgIpc) is 2.43. The van der Waals surface area contributed by atoms with E-state index in [2.05, 4.69) is 40.8 Å². The molecule has 0 aliphatic carbocycles. The number of hydrogen-bond donors (Lipinski definition) is 1. The summed E-state index contributed by atoms with van der Waals surface area (Å²) in [7, 11) is 0. The van der Waals surface area contributed by atoms with Crippen LogP contribution in [0.5, 0.6) is 0 Å². The first-order chi connectivity index (χ1) is 9.69. The zero-order chi connectivity index (χ0) is 14.4. The summed E-state index contributed by atoms with van der Waals surface area (Å²) in [6, 6.07) is 4.65. The monoisotopic (exact) mass is 277 g/mol. The Morgan fingerprint density at radius 1 is 1.30 bits per heavy atom. The van der Waals surface area contributed by atoms with Crippen molar-refractivity contribution >= 4 is 0 Å². The third-order valence-corrected chi connectivity index (χ3v) is 3.91. The van der Waals surface area contributed by atoms with Gasteiger partial charge in [0.1, 0.15) is 0 Å². The van der Waals surface area contributed by atoms with Crippen LogP contribution in [0.1, 0.15) is 25.8 Å². The van der Waals surface area contributed by atoms with E-state index in [1.165, 1.54) is 5.56 Å².